The summed E-state index contributed by atoms with van der Waals surface area (Å²) < 4.78 is 10.1. The number of halogens is 1. The molecule has 2 aromatic rings. The molecule has 0 atom stereocenters. The van der Waals surface area contributed by atoms with Gasteiger partial charge in [-0.1, -0.05) is 16.8 Å². The van der Waals surface area contributed by atoms with Crippen LogP contribution >= 0.6 is 22.9 Å². The molecule has 2 heterocycles. The summed E-state index contributed by atoms with van der Waals surface area (Å²) in [6.45, 7) is 3.69. The lowest BCUT2D eigenvalue weighted by Crippen LogP contribution is -2.15. The molecule has 1 amide bonds. The highest BCUT2D eigenvalue weighted by Gasteiger charge is 2.28. The molecule has 1 N–H and O–H groups in total. The number of rotatable bonds is 4. The number of amides is 1. The van der Waals surface area contributed by atoms with Gasteiger partial charge in [-0.25, -0.2) is 4.79 Å². The molecule has 0 spiro atoms. The number of anilines is 1. The second-order valence-corrected chi connectivity index (χ2v) is 6.98. The molecule has 0 fully saturated rings. The molecule has 8 heteroatoms. The molecule has 1 aliphatic rings. The first-order valence-corrected chi connectivity index (χ1v) is 8.97. The molecule has 2 aromatic heterocycles. The highest BCUT2D eigenvalue weighted by atomic mass is 35.5. The average molecular weight is 369 g/mol. The van der Waals surface area contributed by atoms with Gasteiger partial charge in [-0.15, -0.1) is 11.3 Å². The lowest BCUT2D eigenvalue weighted by atomic mass is 9.95. The van der Waals surface area contributed by atoms with Crippen molar-refractivity contribution in [1.29, 1.82) is 0 Å². The lowest BCUT2D eigenvalue weighted by molar-refractivity contribution is 0.0526. The Morgan fingerprint density at radius 2 is 2.12 bits per heavy atom. The number of nitrogens with zero attached hydrogens (tertiary/aromatic N) is 1. The fourth-order valence-electron chi connectivity index (χ4n) is 2.73. The quantitative estimate of drug-likeness (QED) is 0.824. The van der Waals surface area contributed by atoms with Crippen LogP contribution in [0.25, 0.3) is 0 Å². The number of carbonyl (C=O) groups excluding carboxylic acids is 2. The van der Waals surface area contributed by atoms with Crippen molar-refractivity contribution in [2.24, 2.45) is 0 Å². The van der Waals surface area contributed by atoms with E-state index in [1.54, 1.807) is 13.8 Å². The average Bonchev–Trinajstić information content (AvgIpc) is 3.08. The highest BCUT2D eigenvalue weighted by Crippen LogP contribution is 2.39. The van der Waals surface area contributed by atoms with Crippen LogP contribution in [0.1, 0.15) is 56.8 Å². The molecule has 24 heavy (non-hydrogen) atoms. The summed E-state index contributed by atoms with van der Waals surface area (Å²) in [5.74, 6) is -0.993. The van der Waals surface area contributed by atoms with Crippen LogP contribution in [0.15, 0.2) is 4.52 Å². The summed E-state index contributed by atoms with van der Waals surface area (Å²) in [7, 11) is 0. The largest absolute Gasteiger partial charge is 0.462 e. The fraction of sp³-hybridized carbons (Fsp3) is 0.438. The zero-order valence-electron chi connectivity index (χ0n) is 13.4. The molecule has 0 aromatic carbocycles. The Labute approximate surface area is 148 Å². The van der Waals surface area contributed by atoms with Crippen LogP contribution in [0.2, 0.25) is 5.02 Å². The number of fused-ring (bicyclic) bond motifs is 1. The molecule has 1 aliphatic carbocycles. The summed E-state index contributed by atoms with van der Waals surface area (Å²) in [6.07, 6.45) is 3.83. The van der Waals surface area contributed by atoms with E-state index >= 15 is 0 Å². The number of carbonyl (C=O) groups is 2. The molecular formula is C16H17ClN2O4S. The van der Waals surface area contributed by atoms with E-state index in [0.717, 1.165) is 36.1 Å². The molecule has 0 bridgehead atoms. The van der Waals surface area contributed by atoms with Crippen molar-refractivity contribution in [3.8, 4) is 0 Å². The molecule has 0 aliphatic heterocycles. The summed E-state index contributed by atoms with van der Waals surface area (Å²) in [6, 6.07) is 0. The van der Waals surface area contributed by atoms with Gasteiger partial charge in [0.15, 0.2) is 0 Å². The number of ether oxygens (including phenoxy) is 1. The third kappa shape index (κ3) is 3.06. The Balaban J connectivity index is 1.95. The first-order chi connectivity index (χ1) is 11.5. The molecule has 128 valence electrons. The second kappa shape index (κ2) is 6.94. The van der Waals surface area contributed by atoms with Crippen LogP contribution in [0, 0.1) is 6.92 Å². The SMILES string of the molecule is CCOC(=O)c1c(NC(=O)c2onc(C)c2Cl)sc2c1CCCC2. The van der Waals surface area contributed by atoms with Gasteiger partial charge in [-0.3, -0.25) is 4.79 Å². The summed E-state index contributed by atoms with van der Waals surface area (Å²) in [4.78, 5) is 25.9. The van der Waals surface area contributed by atoms with Crippen LogP contribution in [-0.4, -0.2) is 23.6 Å². The predicted molar refractivity (Wildman–Crippen MR) is 91.1 cm³/mol. The zero-order valence-corrected chi connectivity index (χ0v) is 15.0. The minimum atomic E-state index is -0.523. The number of aromatic nitrogens is 1. The van der Waals surface area contributed by atoms with Gasteiger partial charge in [0.05, 0.1) is 17.9 Å². The molecule has 0 saturated heterocycles. The monoisotopic (exact) mass is 368 g/mol. The van der Waals surface area contributed by atoms with Crippen molar-refractivity contribution in [3.63, 3.8) is 0 Å². The number of aryl methyl sites for hydroxylation is 2. The van der Waals surface area contributed by atoms with Crippen molar-refractivity contribution in [1.82, 2.24) is 5.16 Å². The first-order valence-electron chi connectivity index (χ1n) is 7.77. The predicted octanol–water partition coefficient (Wildman–Crippen LogP) is 4.01. The van der Waals surface area contributed by atoms with E-state index in [1.807, 2.05) is 0 Å². The van der Waals surface area contributed by atoms with E-state index in [2.05, 4.69) is 10.5 Å². The van der Waals surface area contributed by atoms with Crippen molar-refractivity contribution in [3.05, 3.63) is 32.5 Å². The maximum Gasteiger partial charge on any atom is 0.341 e. The maximum atomic E-state index is 12.4. The second-order valence-electron chi connectivity index (χ2n) is 5.50. The van der Waals surface area contributed by atoms with Crippen LogP contribution in [0.5, 0.6) is 0 Å². The lowest BCUT2D eigenvalue weighted by Gasteiger charge is -2.12. The van der Waals surface area contributed by atoms with E-state index in [-0.39, 0.29) is 17.4 Å². The minimum absolute atomic E-state index is 0.0599. The Hall–Kier alpha value is -1.86. The Kier molecular flexibility index (Phi) is 4.91. The van der Waals surface area contributed by atoms with E-state index in [1.165, 1.54) is 11.3 Å². The van der Waals surface area contributed by atoms with Crippen LogP contribution in [0.3, 0.4) is 0 Å². The maximum absolute atomic E-state index is 12.4. The fourth-order valence-corrected chi connectivity index (χ4v) is 4.16. The van der Waals surface area contributed by atoms with Gasteiger partial charge in [0.2, 0.25) is 5.76 Å². The number of hydrogen-bond acceptors (Lipinski definition) is 6. The smallest absolute Gasteiger partial charge is 0.341 e. The number of nitrogens with one attached hydrogen (secondary N) is 1. The minimum Gasteiger partial charge on any atom is -0.462 e. The number of esters is 1. The molecule has 0 radical (unpaired) electrons. The van der Waals surface area contributed by atoms with Crippen molar-refractivity contribution >= 4 is 39.8 Å². The van der Waals surface area contributed by atoms with Gasteiger partial charge in [-0.05, 0) is 45.1 Å². The molecule has 3 rings (SSSR count). The van der Waals surface area contributed by atoms with Crippen molar-refractivity contribution in [2.45, 2.75) is 39.5 Å². The van der Waals surface area contributed by atoms with Crippen LogP contribution in [-0.2, 0) is 17.6 Å². The summed E-state index contributed by atoms with van der Waals surface area (Å²) in [5.41, 5.74) is 1.88. The molecule has 6 nitrogen and oxygen atoms in total. The van der Waals surface area contributed by atoms with Crippen LogP contribution < -0.4 is 5.32 Å². The van der Waals surface area contributed by atoms with Gasteiger partial charge in [0.25, 0.3) is 5.91 Å². The normalized spacial score (nSPS) is 13.5. The zero-order chi connectivity index (χ0) is 17.3. The molecule has 0 saturated carbocycles. The number of hydrogen-bond donors (Lipinski definition) is 1. The van der Waals surface area contributed by atoms with Gasteiger partial charge in [-0.2, -0.15) is 0 Å². The summed E-state index contributed by atoms with van der Waals surface area (Å²) in [5, 5.41) is 7.07. The third-order valence-electron chi connectivity index (χ3n) is 3.88. The van der Waals surface area contributed by atoms with Gasteiger partial charge < -0.3 is 14.6 Å². The van der Waals surface area contributed by atoms with Crippen molar-refractivity contribution < 1.29 is 18.8 Å². The third-order valence-corrected chi connectivity index (χ3v) is 5.53. The molecule has 0 unspecified atom stereocenters. The van der Waals surface area contributed by atoms with Crippen molar-refractivity contribution in [2.75, 3.05) is 11.9 Å². The summed E-state index contributed by atoms with van der Waals surface area (Å²) >= 11 is 7.43. The Morgan fingerprint density at radius 1 is 1.38 bits per heavy atom. The highest BCUT2D eigenvalue weighted by molar-refractivity contribution is 7.17. The van der Waals surface area contributed by atoms with Gasteiger partial charge in [0, 0.05) is 4.88 Å². The van der Waals surface area contributed by atoms with E-state index in [0.29, 0.717) is 16.3 Å². The van der Waals surface area contributed by atoms with E-state index in [4.69, 9.17) is 20.9 Å². The van der Waals surface area contributed by atoms with Crippen LogP contribution in [0.4, 0.5) is 5.00 Å². The number of thiophene rings is 1. The first kappa shape index (κ1) is 17.0. The molecular weight excluding hydrogens is 352 g/mol. The standard InChI is InChI=1S/C16H17ClN2O4S/c1-3-22-16(21)11-9-6-4-5-7-10(9)24-15(11)18-14(20)13-12(17)8(2)19-23-13/h3-7H2,1-2H3,(H,18,20). The van der Waals surface area contributed by atoms with Gasteiger partial charge >= 0.3 is 5.97 Å². The van der Waals surface area contributed by atoms with Gasteiger partial charge in [0.1, 0.15) is 10.0 Å². The Morgan fingerprint density at radius 3 is 2.79 bits per heavy atom. The Bertz CT molecular complexity index is 796. The van der Waals surface area contributed by atoms with E-state index in [9.17, 15) is 9.59 Å². The topological polar surface area (TPSA) is 81.4 Å². The van der Waals surface area contributed by atoms with E-state index < -0.39 is 11.9 Å².